The van der Waals surface area contributed by atoms with Crippen molar-refractivity contribution in [2.45, 2.75) is 25.7 Å². The fourth-order valence-electron chi connectivity index (χ4n) is 3.52. The minimum Gasteiger partial charge on any atom is -0.298 e. The molecule has 2 heterocycles. The maximum atomic E-state index is 12.8. The van der Waals surface area contributed by atoms with Crippen LogP contribution in [0.25, 0.3) is 6.08 Å². The molecule has 0 aliphatic carbocycles. The van der Waals surface area contributed by atoms with Crippen LogP contribution >= 0.6 is 0 Å². The van der Waals surface area contributed by atoms with Crippen LogP contribution in [0.1, 0.15) is 31.2 Å². The highest BCUT2D eigenvalue weighted by Gasteiger charge is 2.31. The molecule has 1 aromatic rings. The summed E-state index contributed by atoms with van der Waals surface area (Å²) in [6.07, 6.45) is 8.32. The van der Waals surface area contributed by atoms with Crippen molar-refractivity contribution in [2.75, 3.05) is 45.8 Å². The van der Waals surface area contributed by atoms with Crippen LogP contribution in [0.5, 0.6) is 0 Å². The fourth-order valence-corrected chi connectivity index (χ4v) is 5.24. The van der Waals surface area contributed by atoms with E-state index in [-0.39, 0.29) is 0 Å². The summed E-state index contributed by atoms with van der Waals surface area (Å²) in [5.74, 6) is 0. The number of rotatable bonds is 5. The summed E-state index contributed by atoms with van der Waals surface area (Å²) in [5.41, 5.74) is 1.20. The van der Waals surface area contributed by atoms with Crippen molar-refractivity contribution >= 4 is 16.3 Å². The first-order valence-corrected chi connectivity index (χ1v) is 10.7. The summed E-state index contributed by atoms with van der Waals surface area (Å²) in [6.45, 7) is 5.21. The van der Waals surface area contributed by atoms with E-state index < -0.39 is 10.2 Å². The van der Waals surface area contributed by atoms with Gasteiger partial charge in [0, 0.05) is 39.3 Å². The van der Waals surface area contributed by atoms with Crippen LogP contribution in [-0.4, -0.2) is 67.7 Å². The zero-order chi connectivity index (χ0) is 17.5. The molecule has 2 fully saturated rings. The van der Waals surface area contributed by atoms with E-state index in [2.05, 4.69) is 29.2 Å². The van der Waals surface area contributed by atoms with Crippen LogP contribution in [0, 0.1) is 0 Å². The Bertz CT molecular complexity index is 655. The lowest BCUT2D eigenvalue weighted by Gasteiger charge is -2.31. The first-order valence-electron chi connectivity index (χ1n) is 9.35. The predicted molar refractivity (Wildman–Crippen MR) is 102 cm³/mol. The normalized spacial score (nSPS) is 22.2. The molecule has 0 bridgehead atoms. The van der Waals surface area contributed by atoms with Gasteiger partial charge in [0.2, 0.25) is 0 Å². The van der Waals surface area contributed by atoms with E-state index in [0.29, 0.717) is 26.2 Å². The summed E-state index contributed by atoms with van der Waals surface area (Å²) < 4.78 is 29.0. The molecule has 0 unspecified atom stereocenters. The van der Waals surface area contributed by atoms with Crippen LogP contribution in [-0.2, 0) is 10.2 Å². The molecule has 0 aromatic heterocycles. The lowest BCUT2D eigenvalue weighted by molar-refractivity contribution is 0.294. The molecular formula is C19H29N3O2S. The van der Waals surface area contributed by atoms with E-state index in [1.54, 1.807) is 8.61 Å². The van der Waals surface area contributed by atoms with Gasteiger partial charge in [-0.2, -0.15) is 17.0 Å². The van der Waals surface area contributed by atoms with Gasteiger partial charge in [-0.05, 0) is 31.4 Å². The zero-order valence-electron chi connectivity index (χ0n) is 14.9. The Morgan fingerprint density at radius 2 is 1.48 bits per heavy atom. The zero-order valence-corrected chi connectivity index (χ0v) is 15.7. The average molecular weight is 364 g/mol. The van der Waals surface area contributed by atoms with Crippen molar-refractivity contribution in [3.63, 3.8) is 0 Å². The van der Waals surface area contributed by atoms with Gasteiger partial charge in [-0.3, -0.25) is 4.90 Å². The maximum Gasteiger partial charge on any atom is 0.282 e. The third-order valence-corrected chi connectivity index (χ3v) is 7.02. The summed E-state index contributed by atoms with van der Waals surface area (Å²) in [6, 6.07) is 10.3. The molecule has 2 saturated heterocycles. The Morgan fingerprint density at radius 1 is 0.800 bits per heavy atom. The molecule has 2 aliphatic heterocycles. The van der Waals surface area contributed by atoms with Crippen LogP contribution in [0.2, 0.25) is 0 Å². The number of benzene rings is 1. The fraction of sp³-hybridized carbons (Fsp3) is 0.579. The number of hydrogen-bond acceptors (Lipinski definition) is 3. The molecule has 3 rings (SSSR count). The van der Waals surface area contributed by atoms with Crippen molar-refractivity contribution < 1.29 is 8.42 Å². The third kappa shape index (κ3) is 5.14. The topological polar surface area (TPSA) is 43.9 Å². The molecule has 0 amide bonds. The second kappa shape index (κ2) is 8.94. The molecule has 0 atom stereocenters. The molecular weight excluding hydrogens is 334 g/mol. The van der Waals surface area contributed by atoms with Crippen molar-refractivity contribution in [2.24, 2.45) is 0 Å². The summed E-state index contributed by atoms with van der Waals surface area (Å²) in [4.78, 5) is 2.34. The number of hydrogen-bond donors (Lipinski definition) is 0. The molecule has 138 valence electrons. The highest BCUT2D eigenvalue weighted by atomic mass is 32.2. The van der Waals surface area contributed by atoms with Crippen LogP contribution in [0.4, 0.5) is 0 Å². The van der Waals surface area contributed by atoms with Gasteiger partial charge in [0.05, 0.1) is 0 Å². The minimum atomic E-state index is -3.27. The second-order valence-electron chi connectivity index (χ2n) is 6.83. The molecule has 2 aliphatic rings. The summed E-state index contributed by atoms with van der Waals surface area (Å²) in [5, 5.41) is 0. The quantitative estimate of drug-likeness (QED) is 0.807. The third-order valence-electron chi connectivity index (χ3n) is 4.99. The monoisotopic (exact) mass is 363 g/mol. The van der Waals surface area contributed by atoms with Gasteiger partial charge in [-0.1, -0.05) is 48.9 Å². The van der Waals surface area contributed by atoms with E-state index in [1.807, 2.05) is 18.2 Å². The van der Waals surface area contributed by atoms with Gasteiger partial charge in [-0.25, -0.2) is 0 Å². The Balaban J connectivity index is 1.52. The maximum absolute atomic E-state index is 12.8. The minimum absolute atomic E-state index is 0.595. The molecule has 6 heteroatoms. The van der Waals surface area contributed by atoms with Crippen molar-refractivity contribution in [1.29, 1.82) is 0 Å². The summed E-state index contributed by atoms with van der Waals surface area (Å²) >= 11 is 0. The van der Waals surface area contributed by atoms with Gasteiger partial charge in [-0.15, -0.1) is 0 Å². The van der Waals surface area contributed by atoms with Crippen molar-refractivity contribution in [1.82, 2.24) is 13.5 Å². The van der Waals surface area contributed by atoms with Crippen molar-refractivity contribution in [3.8, 4) is 0 Å². The van der Waals surface area contributed by atoms with Gasteiger partial charge in [0.15, 0.2) is 0 Å². The second-order valence-corrected chi connectivity index (χ2v) is 8.76. The number of piperidine rings is 1. The Hall–Kier alpha value is -1.21. The van der Waals surface area contributed by atoms with E-state index >= 15 is 0 Å². The molecule has 5 nitrogen and oxygen atoms in total. The highest BCUT2D eigenvalue weighted by Crippen LogP contribution is 2.18. The predicted octanol–water partition coefficient (Wildman–Crippen LogP) is 2.44. The Morgan fingerprint density at radius 3 is 2.24 bits per heavy atom. The lowest BCUT2D eigenvalue weighted by Crippen LogP contribution is -2.47. The van der Waals surface area contributed by atoms with Crippen LogP contribution in [0.3, 0.4) is 0 Å². The van der Waals surface area contributed by atoms with Crippen molar-refractivity contribution in [3.05, 3.63) is 42.0 Å². The van der Waals surface area contributed by atoms with E-state index in [9.17, 15) is 8.42 Å². The SMILES string of the molecule is O=S(=O)(N1CCCCC1)N1CCCN(C/C=C/c2ccccc2)CC1. The molecule has 0 spiro atoms. The van der Waals surface area contributed by atoms with Gasteiger partial charge >= 0.3 is 0 Å². The standard InChI is InChI=1S/C19H29N3O2S/c23-25(24,21-14-5-2-6-15-21)22-16-8-13-20(17-18-22)12-7-11-19-9-3-1-4-10-19/h1,3-4,7,9-11H,2,5-6,8,12-18H2/b11-7+. The lowest BCUT2D eigenvalue weighted by atomic mass is 10.2. The van der Waals surface area contributed by atoms with Crippen LogP contribution in [0.15, 0.2) is 36.4 Å². The van der Waals surface area contributed by atoms with Gasteiger partial charge < -0.3 is 0 Å². The Kier molecular flexibility index (Phi) is 6.64. The first-order chi connectivity index (χ1) is 12.2. The average Bonchev–Trinajstić information content (AvgIpc) is 2.90. The van der Waals surface area contributed by atoms with Gasteiger partial charge in [0.25, 0.3) is 10.2 Å². The molecule has 1 aromatic carbocycles. The van der Waals surface area contributed by atoms with E-state index in [1.165, 1.54) is 5.56 Å². The summed E-state index contributed by atoms with van der Waals surface area (Å²) in [7, 11) is -3.27. The van der Waals surface area contributed by atoms with E-state index in [4.69, 9.17) is 0 Å². The number of nitrogens with zero attached hydrogens (tertiary/aromatic N) is 3. The molecule has 0 saturated carbocycles. The smallest absolute Gasteiger partial charge is 0.282 e. The molecule has 0 radical (unpaired) electrons. The first kappa shape index (κ1) is 18.6. The highest BCUT2D eigenvalue weighted by molar-refractivity contribution is 7.86. The largest absolute Gasteiger partial charge is 0.298 e. The van der Waals surface area contributed by atoms with Crippen LogP contribution < -0.4 is 0 Å². The molecule has 0 N–H and O–H groups in total. The van der Waals surface area contributed by atoms with Gasteiger partial charge in [0.1, 0.15) is 0 Å². The Labute approximate surface area is 152 Å². The van der Waals surface area contributed by atoms with E-state index in [0.717, 1.165) is 45.3 Å². The molecule has 25 heavy (non-hydrogen) atoms.